The average Bonchev–Trinajstić information content (AvgIpc) is 2.91. The maximum atomic E-state index is 6.87. The van der Waals surface area contributed by atoms with Crippen LogP contribution in [0.5, 0.6) is 0 Å². The molecule has 0 aliphatic heterocycles. The number of aromatic nitrogens is 1. The van der Waals surface area contributed by atoms with Gasteiger partial charge in [-0.15, -0.1) is 0 Å². The van der Waals surface area contributed by atoms with E-state index in [2.05, 4.69) is 60.4 Å². The highest BCUT2D eigenvalue weighted by Crippen LogP contribution is 2.39. The molecule has 0 bridgehead atoms. The average molecular weight is 290 g/mol. The molecule has 0 spiro atoms. The highest BCUT2D eigenvalue weighted by atomic mass is 14.9. The number of hydrogen-bond donors (Lipinski definition) is 2. The number of benzene rings is 2. The minimum absolute atomic E-state index is 0.276. The number of H-pyrrole nitrogens is 1. The molecule has 0 fully saturated rings. The van der Waals surface area contributed by atoms with Crippen molar-refractivity contribution in [1.29, 1.82) is 0 Å². The van der Waals surface area contributed by atoms with Crippen LogP contribution >= 0.6 is 0 Å². The van der Waals surface area contributed by atoms with Gasteiger partial charge in [0.25, 0.3) is 0 Å². The molecule has 0 saturated heterocycles. The van der Waals surface area contributed by atoms with E-state index in [4.69, 9.17) is 5.73 Å². The SMILES string of the molecule is Cc1ccc(CC2(N)CCCc3c2[nH]c2ccccc32)cc1. The number of hydrogen-bond acceptors (Lipinski definition) is 1. The first-order valence-corrected chi connectivity index (χ1v) is 8.10. The topological polar surface area (TPSA) is 41.8 Å². The molecule has 2 nitrogen and oxygen atoms in total. The molecule has 3 aromatic rings. The van der Waals surface area contributed by atoms with E-state index >= 15 is 0 Å². The molecular weight excluding hydrogens is 268 g/mol. The van der Waals surface area contributed by atoms with Crippen LogP contribution in [0.4, 0.5) is 0 Å². The first-order valence-electron chi connectivity index (χ1n) is 8.10. The van der Waals surface area contributed by atoms with Gasteiger partial charge in [0.15, 0.2) is 0 Å². The number of aromatic amines is 1. The van der Waals surface area contributed by atoms with Crippen LogP contribution in [0.15, 0.2) is 48.5 Å². The molecule has 0 saturated carbocycles. The normalized spacial score (nSPS) is 21.0. The Morgan fingerprint density at radius 1 is 1.09 bits per heavy atom. The zero-order valence-corrected chi connectivity index (χ0v) is 13.0. The largest absolute Gasteiger partial charge is 0.357 e. The van der Waals surface area contributed by atoms with Crippen molar-refractivity contribution in [2.75, 3.05) is 0 Å². The molecule has 2 heteroatoms. The number of nitrogens with two attached hydrogens (primary N) is 1. The van der Waals surface area contributed by atoms with Crippen LogP contribution in [-0.2, 0) is 18.4 Å². The van der Waals surface area contributed by atoms with Gasteiger partial charge in [-0.2, -0.15) is 0 Å². The van der Waals surface area contributed by atoms with Crippen molar-refractivity contribution in [3.05, 3.63) is 70.9 Å². The van der Waals surface area contributed by atoms with E-state index in [-0.39, 0.29) is 5.54 Å². The summed E-state index contributed by atoms with van der Waals surface area (Å²) in [5, 5.41) is 1.34. The van der Waals surface area contributed by atoms with Crippen LogP contribution in [0.25, 0.3) is 10.9 Å². The van der Waals surface area contributed by atoms with Gasteiger partial charge < -0.3 is 10.7 Å². The van der Waals surface area contributed by atoms with Gasteiger partial charge in [0.05, 0.1) is 5.54 Å². The highest BCUT2D eigenvalue weighted by molar-refractivity contribution is 5.85. The van der Waals surface area contributed by atoms with E-state index in [1.54, 1.807) is 0 Å². The fourth-order valence-electron chi connectivity index (χ4n) is 3.84. The minimum Gasteiger partial charge on any atom is -0.357 e. The Balaban J connectivity index is 1.78. The predicted molar refractivity (Wildman–Crippen MR) is 92.0 cm³/mol. The number of nitrogens with one attached hydrogen (secondary N) is 1. The fraction of sp³-hybridized carbons (Fsp3) is 0.300. The monoisotopic (exact) mass is 290 g/mol. The van der Waals surface area contributed by atoms with Crippen molar-refractivity contribution < 1.29 is 0 Å². The number of para-hydroxylation sites is 1. The Morgan fingerprint density at radius 3 is 2.68 bits per heavy atom. The van der Waals surface area contributed by atoms with Gasteiger partial charge in [0.1, 0.15) is 0 Å². The molecule has 1 aromatic heterocycles. The zero-order valence-electron chi connectivity index (χ0n) is 13.0. The molecular formula is C20H22N2. The highest BCUT2D eigenvalue weighted by Gasteiger charge is 2.35. The fourth-order valence-corrected chi connectivity index (χ4v) is 3.84. The Labute approximate surface area is 131 Å². The summed E-state index contributed by atoms with van der Waals surface area (Å²) in [4.78, 5) is 3.61. The van der Waals surface area contributed by atoms with Crippen LogP contribution in [0.1, 0.15) is 35.2 Å². The molecule has 1 aliphatic carbocycles. The third-order valence-electron chi connectivity index (χ3n) is 5.00. The van der Waals surface area contributed by atoms with Gasteiger partial charge in [-0.3, -0.25) is 0 Å². The molecule has 0 radical (unpaired) electrons. The third-order valence-corrected chi connectivity index (χ3v) is 5.00. The number of rotatable bonds is 2. The van der Waals surface area contributed by atoms with Gasteiger partial charge in [0, 0.05) is 16.6 Å². The van der Waals surface area contributed by atoms with Crippen LogP contribution in [0.3, 0.4) is 0 Å². The van der Waals surface area contributed by atoms with Gasteiger partial charge in [0.2, 0.25) is 0 Å². The van der Waals surface area contributed by atoms with Crippen LogP contribution < -0.4 is 5.73 Å². The maximum absolute atomic E-state index is 6.87. The maximum Gasteiger partial charge on any atom is 0.0605 e. The second-order valence-electron chi connectivity index (χ2n) is 6.70. The summed E-state index contributed by atoms with van der Waals surface area (Å²) in [6.45, 7) is 2.12. The van der Waals surface area contributed by atoms with E-state index in [0.29, 0.717) is 0 Å². The second kappa shape index (κ2) is 4.99. The summed E-state index contributed by atoms with van der Waals surface area (Å²) in [5.74, 6) is 0. The smallest absolute Gasteiger partial charge is 0.0605 e. The summed E-state index contributed by atoms with van der Waals surface area (Å²) in [6, 6.07) is 17.3. The predicted octanol–water partition coefficient (Wildman–Crippen LogP) is 4.21. The van der Waals surface area contributed by atoms with Crippen LogP contribution in [0.2, 0.25) is 0 Å². The van der Waals surface area contributed by atoms with Crippen molar-refractivity contribution in [2.24, 2.45) is 5.73 Å². The molecule has 22 heavy (non-hydrogen) atoms. The lowest BCUT2D eigenvalue weighted by atomic mass is 9.77. The van der Waals surface area contributed by atoms with Gasteiger partial charge >= 0.3 is 0 Å². The van der Waals surface area contributed by atoms with E-state index in [9.17, 15) is 0 Å². The van der Waals surface area contributed by atoms with Crippen LogP contribution in [-0.4, -0.2) is 4.98 Å². The van der Waals surface area contributed by atoms with Crippen LogP contribution in [0, 0.1) is 6.92 Å². The molecule has 2 aromatic carbocycles. The van der Waals surface area contributed by atoms with Gasteiger partial charge in [-0.05, 0) is 49.8 Å². The van der Waals surface area contributed by atoms with E-state index in [0.717, 1.165) is 25.7 Å². The lowest BCUT2D eigenvalue weighted by Crippen LogP contribution is -2.42. The molecule has 112 valence electrons. The lowest BCUT2D eigenvalue weighted by molar-refractivity contribution is 0.362. The Bertz CT molecular complexity index is 813. The Morgan fingerprint density at radius 2 is 1.86 bits per heavy atom. The van der Waals surface area contributed by atoms with Gasteiger partial charge in [-0.1, -0.05) is 48.0 Å². The number of fused-ring (bicyclic) bond motifs is 3. The standard InChI is InChI=1S/C20H22N2/c1-14-8-10-15(11-9-14)13-20(21)12-4-6-17-16-5-2-3-7-18(16)22-19(17)20/h2-3,5,7-11,22H,4,6,12-13,21H2,1H3. The second-order valence-corrected chi connectivity index (χ2v) is 6.70. The van der Waals surface area contributed by atoms with E-state index < -0.39 is 0 Å². The molecule has 0 amide bonds. The summed E-state index contributed by atoms with van der Waals surface area (Å²) >= 11 is 0. The summed E-state index contributed by atoms with van der Waals surface area (Å²) in [5.41, 5.74) is 13.1. The lowest BCUT2D eigenvalue weighted by Gasteiger charge is -2.34. The molecule has 1 heterocycles. The molecule has 3 N–H and O–H groups in total. The first kappa shape index (κ1) is 13.6. The summed E-state index contributed by atoms with van der Waals surface area (Å²) in [7, 11) is 0. The first-order chi connectivity index (χ1) is 10.7. The zero-order chi connectivity index (χ0) is 15.2. The minimum atomic E-state index is -0.276. The van der Waals surface area contributed by atoms with Crippen molar-refractivity contribution in [2.45, 2.75) is 38.1 Å². The van der Waals surface area contributed by atoms with Crippen molar-refractivity contribution in [1.82, 2.24) is 4.98 Å². The molecule has 1 atom stereocenters. The molecule has 1 aliphatic rings. The van der Waals surface area contributed by atoms with Crippen molar-refractivity contribution >= 4 is 10.9 Å². The summed E-state index contributed by atoms with van der Waals surface area (Å²) < 4.78 is 0. The van der Waals surface area contributed by atoms with Crippen molar-refractivity contribution in [3.8, 4) is 0 Å². The van der Waals surface area contributed by atoms with E-state index in [1.165, 1.54) is 33.3 Å². The summed E-state index contributed by atoms with van der Waals surface area (Å²) in [6.07, 6.45) is 4.23. The van der Waals surface area contributed by atoms with E-state index in [1.807, 2.05) is 0 Å². The molecule has 1 unspecified atom stereocenters. The number of aryl methyl sites for hydroxylation is 2. The molecule has 4 rings (SSSR count). The van der Waals surface area contributed by atoms with Crippen molar-refractivity contribution in [3.63, 3.8) is 0 Å². The third kappa shape index (κ3) is 2.15. The Hall–Kier alpha value is -2.06. The quantitative estimate of drug-likeness (QED) is 0.729. The Kier molecular flexibility index (Phi) is 3.08. The van der Waals surface area contributed by atoms with Gasteiger partial charge in [-0.25, -0.2) is 0 Å².